The van der Waals surface area contributed by atoms with E-state index in [0.29, 0.717) is 0 Å². The minimum atomic E-state index is -0.900. The number of carbonyl (C=O) groups is 1. The van der Waals surface area contributed by atoms with E-state index in [1.54, 1.807) is 7.11 Å². The number of hydrogen-bond acceptors (Lipinski definition) is 3. The second-order valence-electron chi connectivity index (χ2n) is 4.33. The van der Waals surface area contributed by atoms with Crippen molar-refractivity contribution in [3.8, 4) is 16.9 Å². The lowest BCUT2D eigenvalue weighted by molar-refractivity contribution is -0.137. The summed E-state index contributed by atoms with van der Waals surface area (Å²) in [6, 6.07) is 7.66. The van der Waals surface area contributed by atoms with Gasteiger partial charge in [-0.05, 0) is 31.5 Å². The van der Waals surface area contributed by atoms with Crippen molar-refractivity contribution in [3.63, 3.8) is 0 Å². The van der Waals surface area contributed by atoms with E-state index in [0.717, 1.165) is 28.3 Å². The Morgan fingerprint density at radius 3 is 2.79 bits per heavy atom. The molecular weight excluding hydrogens is 244 g/mol. The highest BCUT2D eigenvalue weighted by Crippen LogP contribution is 2.29. The van der Waals surface area contributed by atoms with Crippen LogP contribution in [0.3, 0.4) is 0 Å². The van der Waals surface area contributed by atoms with Gasteiger partial charge in [-0.1, -0.05) is 12.1 Å². The number of carboxylic acid groups (broad SMARTS) is 1. The van der Waals surface area contributed by atoms with Crippen molar-refractivity contribution >= 4 is 5.97 Å². The predicted octanol–water partition coefficient (Wildman–Crippen LogP) is 2.26. The SMILES string of the molecule is COc1cccc(-c2c(C)nn(CC(=O)O)c2C)c1. The molecule has 0 amide bonds. The molecule has 0 saturated carbocycles. The Balaban J connectivity index is 2.49. The quantitative estimate of drug-likeness (QED) is 0.915. The number of rotatable bonds is 4. The van der Waals surface area contributed by atoms with E-state index < -0.39 is 5.97 Å². The number of carboxylic acids is 1. The molecule has 0 radical (unpaired) electrons. The van der Waals surface area contributed by atoms with E-state index in [4.69, 9.17) is 9.84 Å². The zero-order chi connectivity index (χ0) is 14.0. The van der Waals surface area contributed by atoms with Crippen LogP contribution < -0.4 is 4.74 Å². The molecule has 0 saturated heterocycles. The van der Waals surface area contributed by atoms with Crippen molar-refractivity contribution in [1.29, 1.82) is 0 Å². The molecule has 0 aliphatic carbocycles. The van der Waals surface area contributed by atoms with Crippen molar-refractivity contribution < 1.29 is 14.6 Å². The van der Waals surface area contributed by atoms with Gasteiger partial charge in [-0.2, -0.15) is 5.10 Å². The maximum atomic E-state index is 10.8. The van der Waals surface area contributed by atoms with Crippen molar-refractivity contribution in [2.75, 3.05) is 7.11 Å². The fourth-order valence-corrected chi connectivity index (χ4v) is 2.18. The summed E-state index contributed by atoms with van der Waals surface area (Å²) in [5.74, 6) is -0.134. The molecule has 1 N–H and O–H groups in total. The van der Waals surface area contributed by atoms with Crippen LogP contribution in [0.4, 0.5) is 0 Å². The molecule has 1 aromatic heterocycles. The van der Waals surface area contributed by atoms with Crippen LogP contribution in [0, 0.1) is 13.8 Å². The molecule has 19 heavy (non-hydrogen) atoms. The number of nitrogens with zero attached hydrogens (tertiary/aromatic N) is 2. The van der Waals surface area contributed by atoms with Crippen LogP contribution in [0.2, 0.25) is 0 Å². The van der Waals surface area contributed by atoms with Gasteiger partial charge in [0.25, 0.3) is 0 Å². The predicted molar refractivity (Wildman–Crippen MR) is 71.3 cm³/mol. The first kappa shape index (κ1) is 13.1. The number of aromatic nitrogens is 2. The highest BCUT2D eigenvalue weighted by atomic mass is 16.5. The first-order chi connectivity index (χ1) is 9.02. The summed E-state index contributed by atoms with van der Waals surface area (Å²) < 4.78 is 6.71. The first-order valence-corrected chi connectivity index (χ1v) is 5.93. The third-order valence-corrected chi connectivity index (χ3v) is 3.02. The molecule has 0 spiro atoms. The molecule has 0 aliphatic heterocycles. The molecule has 5 heteroatoms. The molecule has 100 valence electrons. The van der Waals surface area contributed by atoms with Crippen molar-refractivity contribution in [1.82, 2.24) is 9.78 Å². The van der Waals surface area contributed by atoms with Crippen LogP contribution >= 0.6 is 0 Å². The normalized spacial score (nSPS) is 10.5. The topological polar surface area (TPSA) is 64.4 Å². The van der Waals surface area contributed by atoms with E-state index >= 15 is 0 Å². The van der Waals surface area contributed by atoms with E-state index in [1.807, 2.05) is 38.1 Å². The molecule has 2 aromatic rings. The molecule has 0 fully saturated rings. The summed E-state index contributed by atoms with van der Waals surface area (Å²) in [6.45, 7) is 3.62. The number of ether oxygens (including phenoxy) is 1. The van der Waals surface area contributed by atoms with Crippen molar-refractivity contribution in [3.05, 3.63) is 35.7 Å². The summed E-state index contributed by atoms with van der Waals surface area (Å²) in [5.41, 5.74) is 3.59. The van der Waals surface area contributed by atoms with E-state index in [9.17, 15) is 4.79 Å². The Bertz CT molecular complexity index is 617. The number of aryl methyl sites for hydroxylation is 1. The molecular formula is C14H16N2O3. The van der Waals surface area contributed by atoms with Gasteiger partial charge in [0.15, 0.2) is 0 Å². The van der Waals surface area contributed by atoms with E-state index in [2.05, 4.69) is 5.10 Å². The van der Waals surface area contributed by atoms with Crippen molar-refractivity contribution in [2.45, 2.75) is 20.4 Å². The number of aliphatic carboxylic acids is 1. The second kappa shape index (κ2) is 5.14. The average molecular weight is 260 g/mol. The Hall–Kier alpha value is -2.30. The Morgan fingerprint density at radius 1 is 1.42 bits per heavy atom. The van der Waals surface area contributed by atoms with Gasteiger partial charge in [-0.15, -0.1) is 0 Å². The lowest BCUT2D eigenvalue weighted by Gasteiger charge is -2.05. The highest BCUT2D eigenvalue weighted by Gasteiger charge is 2.15. The lowest BCUT2D eigenvalue weighted by atomic mass is 10.0. The van der Waals surface area contributed by atoms with Crippen LogP contribution in [0.25, 0.3) is 11.1 Å². The smallest absolute Gasteiger partial charge is 0.325 e. The highest BCUT2D eigenvalue weighted by molar-refractivity contribution is 5.71. The van der Waals surface area contributed by atoms with Crippen LogP contribution in [0.5, 0.6) is 5.75 Å². The Kier molecular flexibility index (Phi) is 3.55. The first-order valence-electron chi connectivity index (χ1n) is 5.93. The maximum absolute atomic E-state index is 10.8. The molecule has 1 heterocycles. The van der Waals surface area contributed by atoms with Crippen LogP contribution in [0.15, 0.2) is 24.3 Å². The summed E-state index contributed by atoms with van der Waals surface area (Å²) >= 11 is 0. The fraction of sp³-hybridized carbons (Fsp3) is 0.286. The van der Waals surface area contributed by atoms with Gasteiger partial charge in [0, 0.05) is 11.3 Å². The number of methoxy groups -OCH3 is 1. The number of benzene rings is 1. The molecule has 0 bridgehead atoms. The zero-order valence-corrected chi connectivity index (χ0v) is 11.2. The molecule has 2 rings (SSSR count). The third-order valence-electron chi connectivity index (χ3n) is 3.02. The molecule has 5 nitrogen and oxygen atoms in total. The number of hydrogen-bond donors (Lipinski definition) is 1. The third kappa shape index (κ3) is 2.59. The summed E-state index contributed by atoms with van der Waals surface area (Å²) in [7, 11) is 1.62. The van der Waals surface area contributed by atoms with E-state index in [1.165, 1.54) is 4.68 Å². The van der Waals surface area contributed by atoms with Gasteiger partial charge >= 0.3 is 5.97 Å². The summed E-state index contributed by atoms with van der Waals surface area (Å²) in [6.07, 6.45) is 0. The van der Waals surface area contributed by atoms with Crippen LogP contribution in [-0.4, -0.2) is 28.0 Å². The van der Waals surface area contributed by atoms with Crippen molar-refractivity contribution in [2.24, 2.45) is 0 Å². The van der Waals surface area contributed by atoms with Gasteiger partial charge in [0.05, 0.1) is 12.8 Å². The Morgan fingerprint density at radius 2 is 2.16 bits per heavy atom. The van der Waals surface area contributed by atoms with Gasteiger partial charge in [0.1, 0.15) is 12.3 Å². The minimum absolute atomic E-state index is 0.128. The molecule has 0 unspecified atom stereocenters. The summed E-state index contributed by atoms with van der Waals surface area (Å²) in [5, 5.41) is 13.1. The van der Waals surface area contributed by atoms with Gasteiger partial charge < -0.3 is 9.84 Å². The van der Waals surface area contributed by atoms with Crippen LogP contribution in [-0.2, 0) is 11.3 Å². The second-order valence-corrected chi connectivity index (χ2v) is 4.33. The largest absolute Gasteiger partial charge is 0.497 e. The standard InChI is InChI=1S/C14H16N2O3/c1-9-14(10(2)16(15-9)8-13(17)18)11-5-4-6-12(7-11)19-3/h4-7H,8H2,1-3H3,(H,17,18). The summed E-state index contributed by atoms with van der Waals surface area (Å²) in [4.78, 5) is 10.8. The lowest BCUT2D eigenvalue weighted by Crippen LogP contribution is -2.11. The van der Waals surface area contributed by atoms with Gasteiger partial charge in [-0.3, -0.25) is 9.48 Å². The average Bonchev–Trinajstić information content (AvgIpc) is 2.64. The molecule has 1 aromatic carbocycles. The van der Waals surface area contributed by atoms with Gasteiger partial charge in [0.2, 0.25) is 0 Å². The molecule has 0 aliphatic rings. The monoisotopic (exact) mass is 260 g/mol. The fourth-order valence-electron chi connectivity index (χ4n) is 2.18. The van der Waals surface area contributed by atoms with Crippen LogP contribution in [0.1, 0.15) is 11.4 Å². The zero-order valence-electron chi connectivity index (χ0n) is 11.2. The molecule has 0 atom stereocenters. The maximum Gasteiger partial charge on any atom is 0.325 e. The van der Waals surface area contributed by atoms with E-state index in [-0.39, 0.29) is 6.54 Å². The van der Waals surface area contributed by atoms with Gasteiger partial charge in [-0.25, -0.2) is 0 Å². The Labute approximate surface area is 111 Å². The minimum Gasteiger partial charge on any atom is -0.497 e.